The lowest BCUT2D eigenvalue weighted by atomic mass is 9.93. The highest BCUT2D eigenvalue weighted by Crippen LogP contribution is 2.21. The molecule has 4 nitrogen and oxygen atoms in total. The summed E-state index contributed by atoms with van der Waals surface area (Å²) in [6.45, 7) is 3.25. The minimum atomic E-state index is -0.330. The number of benzene rings is 2. The summed E-state index contributed by atoms with van der Waals surface area (Å²) in [4.78, 5) is 4.53. The van der Waals surface area contributed by atoms with Gasteiger partial charge >= 0.3 is 0 Å². The van der Waals surface area contributed by atoms with E-state index in [1.807, 2.05) is 55.5 Å². The highest BCUT2D eigenvalue weighted by atomic mass is 16.3. The smallest absolute Gasteiger partial charge is 0.226 e. The summed E-state index contributed by atoms with van der Waals surface area (Å²) in [5.74, 6) is 0.905. The predicted molar refractivity (Wildman–Crippen MR) is 99.1 cm³/mol. The lowest BCUT2D eigenvalue weighted by Crippen LogP contribution is -2.24. The van der Waals surface area contributed by atoms with Crippen LogP contribution >= 0.6 is 0 Å². The third-order valence-corrected chi connectivity index (χ3v) is 4.17. The SMILES string of the molecule is CC(O)CC(CNCc1coc(-c2ccccc2)n1)c1ccccc1. The van der Waals surface area contributed by atoms with Crippen LogP contribution in [0.25, 0.3) is 11.5 Å². The van der Waals surface area contributed by atoms with Gasteiger partial charge < -0.3 is 14.8 Å². The average Bonchev–Trinajstić information content (AvgIpc) is 3.11. The van der Waals surface area contributed by atoms with E-state index in [1.165, 1.54) is 5.56 Å². The summed E-state index contributed by atoms with van der Waals surface area (Å²) in [7, 11) is 0. The van der Waals surface area contributed by atoms with Gasteiger partial charge in [0.05, 0.1) is 11.8 Å². The monoisotopic (exact) mass is 336 g/mol. The predicted octanol–water partition coefficient (Wildman–Crippen LogP) is 3.99. The van der Waals surface area contributed by atoms with Crippen molar-refractivity contribution in [3.8, 4) is 11.5 Å². The van der Waals surface area contributed by atoms with Crippen molar-refractivity contribution >= 4 is 0 Å². The van der Waals surface area contributed by atoms with Crippen molar-refractivity contribution < 1.29 is 9.52 Å². The van der Waals surface area contributed by atoms with Crippen molar-refractivity contribution in [1.82, 2.24) is 10.3 Å². The summed E-state index contributed by atoms with van der Waals surface area (Å²) in [6.07, 6.45) is 2.09. The minimum absolute atomic E-state index is 0.265. The van der Waals surface area contributed by atoms with Crippen molar-refractivity contribution in [2.45, 2.75) is 31.9 Å². The van der Waals surface area contributed by atoms with E-state index < -0.39 is 0 Å². The second-order valence-corrected chi connectivity index (χ2v) is 6.33. The lowest BCUT2D eigenvalue weighted by molar-refractivity contribution is 0.173. The first-order valence-electron chi connectivity index (χ1n) is 8.66. The molecule has 130 valence electrons. The molecule has 0 aliphatic carbocycles. The topological polar surface area (TPSA) is 58.3 Å². The van der Waals surface area contributed by atoms with Gasteiger partial charge in [0.2, 0.25) is 5.89 Å². The molecule has 2 atom stereocenters. The van der Waals surface area contributed by atoms with Crippen molar-refractivity contribution in [3.05, 3.63) is 78.2 Å². The molecule has 0 spiro atoms. The van der Waals surface area contributed by atoms with Gasteiger partial charge in [-0.25, -0.2) is 4.98 Å². The van der Waals surface area contributed by atoms with E-state index in [4.69, 9.17) is 4.42 Å². The van der Waals surface area contributed by atoms with Gasteiger partial charge in [-0.05, 0) is 37.0 Å². The largest absolute Gasteiger partial charge is 0.444 e. The third kappa shape index (κ3) is 5.02. The van der Waals surface area contributed by atoms with E-state index in [0.29, 0.717) is 12.4 Å². The van der Waals surface area contributed by atoms with Gasteiger partial charge in [-0.3, -0.25) is 0 Å². The van der Waals surface area contributed by atoms with E-state index in [1.54, 1.807) is 6.26 Å². The highest BCUT2D eigenvalue weighted by Gasteiger charge is 2.14. The Hall–Kier alpha value is -2.43. The quantitative estimate of drug-likeness (QED) is 0.653. The Morgan fingerprint density at radius 1 is 1.04 bits per heavy atom. The number of hydrogen-bond acceptors (Lipinski definition) is 4. The zero-order chi connectivity index (χ0) is 17.5. The van der Waals surface area contributed by atoms with Crippen molar-refractivity contribution in [3.63, 3.8) is 0 Å². The van der Waals surface area contributed by atoms with Crippen molar-refractivity contribution in [2.75, 3.05) is 6.54 Å². The van der Waals surface area contributed by atoms with Gasteiger partial charge in [0.25, 0.3) is 0 Å². The molecule has 0 aliphatic heterocycles. The number of hydrogen-bond donors (Lipinski definition) is 2. The summed E-state index contributed by atoms with van der Waals surface area (Å²) < 4.78 is 5.57. The van der Waals surface area contributed by atoms with Gasteiger partial charge in [-0.1, -0.05) is 48.5 Å². The maximum absolute atomic E-state index is 9.77. The third-order valence-electron chi connectivity index (χ3n) is 4.17. The van der Waals surface area contributed by atoms with Crippen LogP contribution in [0.3, 0.4) is 0 Å². The summed E-state index contributed by atoms with van der Waals surface area (Å²) in [5, 5.41) is 13.2. The van der Waals surface area contributed by atoms with Gasteiger partial charge in [0.15, 0.2) is 0 Å². The van der Waals surface area contributed by atoms with Crippen LogP contribution in [0.1, 0.15) is 30.5 Å². The zero-order valence-electron chi connectivity index (χ0n) is 14.4. The van der Waals surface area contributed by atoms with Gasteiger partial charge in [0, 0.05) is 18.7 Å². The summed E-state index contributed by atoms with van der Waals surface area (Å²) >= 11 is 0. The molecule has 0 bridgehead atoms. The Bertz CT molecular complexity index is 754. The van der Waals surface area contributed by atoms with E-state index in [0.717, 1.165) is 24.2 Å². The molecule has 2 N–H and O–H groups in total. The molecular weight excluding hydrogens is 312 g/mol. The second kappa shape index (κ2) is 8.60. The molecule has 4 heteroatoms. The summed E-state index contributed by atoms with van der Waals surface area (Å²) in [6, 6.07) is 20.2. The molecule has 1 heterocycles. The van der Waals surface area contributed by atoms with Gasteiger partial charge in [0.1, 0.15) is 6.26 Å². The minimum Gasteiger partial charge on any atom is -0.444 e. The van der Waals surface area contributed by atoms with Crippen LogP contribution in [0.4, 0.5) is 0 Å². The lowest BCUT2D eigenvalue weighted by Gasteiger charge is -2.19. The Morgan fingerprint density at radius 2 is 1.72 bits per heavy atom. The number of rotatable bonds is 8. The number of nitrogens with zero attached hydrogens (tertiary/aromatic N) is 1. The van der Waals surface area contributed by atoms with E-state index in [2.05, 4.69) is 22.4 Å². The highest BCUT2D eigenvalue weighted by molar-refractivity contribution is 5.52. The summed E-state index contributed by atoms with van der Waals surface area (Å²) in [5.41, 5.74) is 3.09. The molecule has 0 amide bonds. The number of aliphatic hydroxyl groups excluding tert-OH is 1. The van der Waals surface area contributed by atoms with Crippen LogP contribution in [-0.2, 0) is 6.54 Å². The number of oxazole rings is 1. The van der Waals surface area contributed by atoms with Crippen LogP contribution in [0.2, 0.25) is 0 Å². The molecule has 3 aromatic rings. The fourth-order valence-corrected chi connectivity index (χ4v) is 2.95. The van der Waals surface area contributed by atoms with E-state index >= 15 is 0 Å². The maximum Gasteiger partial charge on any atom is 0.226 e. The van der Waals surface area contributed by atoms with Crippen LogP contribution in [0.5, 0.6) is 0 Å². The van der Waals surface area contributed by atoms with E-state index in [9.17, 15) is 5.11 Å². The fraction of sp³-hybridized carbons (Fsp3) is 0.286. The van der Waals surface area contributed by atoms with Crippen LogP contribution in [0.15, 0.2) is 71.3 Å². The molecular formula is C21H24N2O2. The molecule has 0 saturated carbocycles. The number of aromatic nitrogens is 1. The second-order valence-electron chi connectivity index (χ2n) is 6.33. The first kappa shape index (κ1) is 17.4. The zero-order valence-corrected chi connectivity index (χ0v) is 14.4. The van der Waals surface area contributed by atoms with Crippen molar-refractivity contribution in [2.24, 2.45) is 0 Å². The Morgan fingerprint density at radius 3 is 2.40 bits per heavy atom. The first-order valence-corrected chi connectivity index (χ1v) is 8.66. The molecule has 0 fully saturated rings. The van der Waals surface area contributed by atoms with E-state index in [-0.39, 0.29) is 12.0 Å². The fourth-order valence-electron chi connectivity index (χ4n) is 2.95. The maximum atomic E-state index is 9.77. The molecule has 0 aliphatic rings. The molecule has 0 saturated heterocycles. The van der Waals surface area contributed by atoms with Crippen LogP contribution in [0, 0.1) is 0 Å². The molecule has 25 heavy (non-hydrogen) atoms. The molecule has 0 radical (unpaired) electrons. The molecule has 2 unspecified atom stereocenters. The van der Waals surface area contributed by atoms with Crippen molar-refractivity contribution in [1.29, 1.82) is 0 Å². The van der Waals surface area contributed by atoms with Gasteiger partial charge in [-0.2, -0.15) is 0 Å². The standard InChI is InChI=1S/C21H24N2O2/c1-16(24)12-19(17-8-4-2-5-9-17)13-22-14-20-15-25-21(23-20)18-10-6-3-7-11-18/h2-11,15-16,19,22,24H,12-14H2,1H3. The Balaban J connectivity index is 1.58. The number of nitrogens with one attached hydrogen (secondary N) is 1. The Labute approximate surface area is 148 Å². The molecule has 2 aromatic carbocycles. The Kier molecular flexibility index (Phi) is 5.99. The molecule has 3 rings (SSSR count). The number of aliphatic hydroxyl groups is 1. The normalized spacial score (nSPS) is 13.5. The van der Waals surface area contributed by atoms with Gasteiger partial charge in [-0.15, -0.1) is 0 Å². The molecule has 1 aromatic heterocycles. The first-order chi connectivity index (χ1) is 12.2. The van der Waals surface area contributed by atoms with Crippen LogP contribution < -0.4 is 5.32 Å². The van der Waals surface area contributed by atoms with Crippen LogP contribution in [-0.4, -0.2) is 22.7 Å². The average molecular weight is 336 g/mol.